The van der Waals surface area contributed by atoms with Crippen LogP contribution >= 0.6 is 56.5 Å². The molecule has 0 aliphatic carbocycles. The molecule has 0 saturated carbocycles. The molecule has 37 heavy (non-hydrogen) atoms. The SMILES string of the molecule is CCC1=C(C(=O)OC)[C@H](c2ccccc2)n2c(s/c(=C/c3cc(I)cc(I)c3OCC(F)(F)F)c2=O)=N1. The van der Waals surface area contributed by atoms with Gasteiger partial charge in [-0.1, -0.05) is 48.6 Å². The molecule has 0 N–H and O–H groups in total. The Balaban J connectivity index is 1.96. The second-order valence-electron chi connectivity index (χ2n) is 7.91. The zero-order valence-corrected chi connectivity index (χ0v) is 24.6. The van der Waals surface area contributed by atoms with Crippen molar-refractivity contribution in [1.82, 2.24) is 4.57 Å². The van der Waals surface area contributed by atoms with Crippen molar-refractivity contribution < 1.29 is 27.4 Å². The molecule has 0 amide bonds. The Morgan fingerprint density at radius 2 is 1.92 bits per heavy atom. The van der Waals surface area contributed by atoms with Crippen LogP contribution in [0.4, 0.5) is 13.2 Å². The number of ether oxygens (including phenoxy) is 2. The van der Waals surface area contributed by atoms with Gasteiger partial charge in [0.15, 0.2) is 11.4 Å². The second kappa shape index (κ2) is 11.3. The van der Waals surface area contributed by atoms with Gasteiger partial charge in [0.1, 0.15) is 5.75 Å². The highest BCUT2D eigenvalue weighted by molar-refractivity contribution is 14.1. The molecule has 0 saturated heterocycles. The largest absolute Gasteiger partial charge is 0.482 e. The molecule has 1 aliphatic heterocycles. The number of hydrogen-bond acceptors (Lipinski definition) is 6. The zero-order valence-electron chi connectivity index (χ0n) is 19.4. The van der Waals surface area contributed by atoms with Gasteiger partial charge in [0, 0.05) is 9.13 Å². The number of esters is 1. The Morgan fingerprint density at radius 1 is 1.22 bits per heavy atom. The Kier molecular flexibility index (Phi) is 8.48. The summed E-state index contributed by atoms with van der Waals surface area (Å²) in [5, 5.41) is 0. The van der Waals surface area contributed by atoms with E-state index in [1.54, 1.807) is 12.1 Å². The number of carbonyl (C=O) groups is 1. The van der Waals surface area contributed by atoms with E-state index in [-0.39, 0.29) is 15.9 Å². The number of allylic oxidation sites excluding steroid dienone is 1. The third-order valence-electron chi connectivity index (χ3n) is 5.47. The summed E-state index contributed by atoms with van der Waals surface area (Å²) in [4.78, 5) is 31.6. The molecular formula is C25H19F3I2N2O4S. The van der Waals surface area contributed by atoms with Crippen molar-refractivity contribution in [2.45, 2.75) is 25.6 Å². The van der Waals surface area contributed by atoms with Crippen LogP contribution in [0, 0.1) is 7.14 Å². The molecule has 0 spiro atoms. The van der Waals surface area contributed by atoms with Crippen molar-refractivity contribution in [3.8, 4) is 5.75 Å². The maximum Gasteiger partial charge on any atom is 0.422 e. The molecule has 4 rings (SSSR count). The standard InChI is InChI=1S/C25H19F3I2N2O4S/c1-3-17-19(23(34)35-2)20(13-7-5-4-6-8-13)32-22(33)18(37-24(32)31-17)10-14-9-15(29)11-16(30)21(14)36-12-25(26,27)28/h4-11,20H,3,12H2,1-2H3/b18-10+/t20-/m0/s1. The predicted molar refractivity (Wildman–Crippen MR) is 150 cm³/mol. The summed E-state index contributed by atoms with van der Waals surface area (Å²) in [6.45, 7) is 0.401. The summed E-state index contributed by atoms with van der Waals surface area (Å²) in [6, 6.07) is 11.7. The van der Waals surface area contributed by atoms with Gasteiger partial charge >= 0.3 is 12.1 Å². The third kappa shape index (κ3) is 5.95. The summed E-state index contributed by atoms with van der Waals surface area (Å²) in [5.74, 6) is -0.549. The van der Waals surface area contributed by atoms with Crippen LogP contribution in [0.2, 0.25) is 0 Å². The van der Waals surface area contributed by atoms with Gasteiger partial charge in [0.05, 0.1) is 32.5 Å². The molecule has 1 aliphatic rings. The number of carbonyl (C=O) groups excluding carboxylic acids is 1. The van der Waals surface area contributed by atoms with Crippen LogP contribution < -0.4 is 19.6 Å². The predicted octanol–water partition coefficient (Wildman–Crippen LogP) is 4.95. The van der Waals surface area contributed by atoms with E-state index >= 15 is 0 Å². The molecule has 0 radical (unpaired) electrons. The lowest BCUT2D eigenvalue weighted by molar-refractivity contribution is -0.153. The Bertz CT molecular complexity index is 1560. The monoisotopic (exact) mass is 754 g/mol. The van der Waals surface area contributed by atoms with Gasteiger partial charge in [-0.2, -0.15) is 13.2 Å². The number of halogens is 5. The Morgan fingerprint density at radius 3 is 2.54 bits per heavy atom. The first kappa shape index (κ1) is 27.8. The lowest BCUT2D eigenvalue weighted by Crippen LogP contribution is -2.40. The summed E-state index contributed by atoms with van der Waals surface area (Å²) >= 11 is 5.06. The molecule has 0 fully saturated rings. The van der Waals surface area contributed by atoms with Crippen LogP contribution in [-0.2, 0) is 9.53 Å². The topological polar surface area (TPSA) is 69.9 Å². The molecule has 2 heterocycles. The number of nitrogens with zero attached hydrogens (tertiary/aromatic N) is 2. The van der Waals surface area contributed by atoms with Gasteiger partial charge in [-0.15, -0.1) is 0 Å². The second-order valence-corrected chi connectivity index (χ2v) is 11.3. The lowest BCUT2D eigenvalue weighted by atomic mass is 9.95. The first-order chi connectivity index (χ1) is 17.5. The summed E-state index contributed by atoms with van der Waals surface area (Å²) in [7, 11) is 1.27. The van der Waals surface area contributed by atoms with E-state index in [4.69, 9.17) is 9.47 Å². The fraction of sp³-hybridized carbons (Fsp3) is 0.240. The van der Waals surface area contributed by atoms with Gasteiger partial charge in [-0.05, 0) is 75.4 Å². The van der Waals surface area contributed by atoms with E-state index in [0.717, 1.165) is 14.9 Å². The minimum atomic E-state index is -4.51. The number of benzene rings is 2. The van der Waals surface area contributed by atoms with E-state index in [1.807, 2.05) is 59.8 Å². The molecule has 0 bridgehead atoms. The lowest BCUT2D eigenvalue weighted by Gasteiger charge is -2.25. The van der Waals surface area contributed by atoms with Gasteiger partial charge in [-0.3, -0.25) is 9.36 Å². The molecule has 2 aromatic carbocycles. The first-order valence-electron chi connectivity index (χ1n) is 10.9. The number of fused-ring (bicyclic) bond motifs is 1. The maximum atomic E-state index is 13.7. The van der Waals surface area contributed by atoms with Gasteiger partial charge in [0.25, 0.3) is 5.56 Å². The van der Waals surface area contributed by atoms with Crippen LogP contribution in [0.5, 0.6) is 5.75 Å². The minimum absolute atomic E-state index is 0.0354. The zero-order chi connectivity index (χ0) is 26.9. The van der Waals surface area contributed by atoms with Crippen molar-refractivity contribution in [3.05, 3.63) is 91.7 Å². The molecule has 12 heteroatoms. The Labute approximate surface area is 240 Å². The summed E-state index contributed by atoms with van der Waals surface area (Å²) in [5.41, 5.74) is 1.39. The van der Waals surface area contributed by atoms with Crippen LogP contribution in [0.25, 0.3) is 6.08 Å². The molecule has 1 atom stereocenters. The summed E-state index contributed by atoms with van der Waals surface area (Å²) < 4.78 is 51.8. The highest BCUT2D eigenvalue weighted by Crippen LogP contribution is 2.33. The number of aromatic nitrogens is 1. The van der Waals surface area contributed by atoms with Crippen molar-refractivity contribution in [2.24, 2.45) is 4.99 Å². The van der Waals surface area contributed by atoms with Crippen molar-refractivity contribution in [2.75, 3.05) is 13.7 Å². The van der Waals surface area contributed by atoms with Crippen molar-refractivity contribution in [3.63, 3.8) is 0 Å². The van der Waals surface area contributed by atoms with Crippen LogP contribution in [0.3, 0.4) is 0 Å². The Hall–Kier alpha value is -2.20. The quantitative estimate of drug-likeness (QED) is 0.264. The van der Waals surface area contributed by atoms with E-state index in [0.29, 0.717) is 31.6 Å². The molecular weight excluding hydrogens is 735 g/mol. The molecule has 6 nitrogen and oxygen atoms in total. The third-order valence-corrected chi connectivity index (χ3v) is 7.88. The van der Waals surface area contributed by atoms with Gasteiger partial charge in [0.2, 0.25) is 0 Å². The van der Waals surface area contributed by atoms with Crippen LogP contribution in [-0.4, -0.2) is 30.4 Å². The number of methoxy groups -OCH3 is 1. The number of rotatable bonds is 6. The maximum absolute atomic E-state index is 13.7. The minimum Gasteiger partial charge on any atom is -0.482 e. The highest BCUT2D eigenvalue weighted by Gasteiger charge is 2.34. The molecule has 1 aromatic heterocycles. The fourth-order valence-corrected chi connectivity index (χ4v) is 7.01. The molecule has 3 aromatic rings. The van der Waals surface area contributed by atoms with Crippen molar-refractivity contribution >= 4 is 68.6 Å². The smallest absolute Gasteiger partial charge is 0.422 e. The number of alkyl halides is 3. The average molecular weight is 754 g/mol. The fourth-order valence-electron chi connectivity index (χ4n) is 3.95. The number of hydrogen-bond donors (Lipinski definition) is 0. The van der Waals surface area contributed by atoms with E-state index in [9.17, 15) is 22.8 Å². The molecule has 194 valence electrons. The van der Waals surface area contributed by atoms with Gasteiger partial charge in [-0.25, -0.2) is 9.79 Å². The molecule has 0 unspecified atom stereocenters. The average Bonchev–Trinajstić information content (AvgIpc) is 3.16. The van der Waals surface area contributed by atoms with Crippen LogP contribution in [0.15, 0.2) is 63.5 Å². The van der Waals surface area contributed by atoms with Crippen molar-refractivity contribution in [1.29, 1.82) is 0 Å². The van der Waals surface area contributed by atoms with E-state index in [1.165, 1.54) is 17.8 Å². The van der Waals surface area contributed by atoms with Crippen LogP contribution in [0.1, 0.15) is 30.5 Å². The van der Waals surface area contributed by atoms with E-state index < -0.39 is 30.4 Å². The number of thiazole rings is 1. The highest BCUT2D eigenvalue weighted by atomic mass is 127. The van der Waals surface area contributed by atoms with Gasteiger partial charge < -0.3 is 9.47 Å². The van der Waals surface area contributed by atoms with E-state index in [2.05, 4.69) is 27.6 Å². The summed E-state index contributed by atoms with van der Waals surface area (Å²) in [6.07, 6.45) is -2.57. The first-order valence-corrected chi connectivity index (χ1v) is 13.9. The normalized spacial score (nSPS) is 15.9.